The predicted octanol–water partition coefficient (Wildman–Crippen LogP) is 3.82. The van der Waals surface area contributed by atoms with Crippen LogP contribution >= 0.6 is 11.6 Å². The van der Waals surface area contributed by atoms with Crippen LogP contribution in [0, 0.1) is 13.8 Å². The van der Waals surface area contributed by atoms with Gasteiger partial charge in [-0.1, -0.05) is 23.7 Å². The molecule has 2 N–H and O–H groups in total. The van der Waals surface area contributed by atoms with E-state index in [4.69, 9.17) is 11.6 Å². The summed E-state index contributed by atoms with van der Waals surface area (Å²) in [6.45, 7) is 4.32. The monoisotopic (exact) mass is 367 g/mol. The molecule has 6 nitrogen and oxygen atoms in total. The fourth-order valence-electron chi connectivity index (χ4n) is 2.53. The van der Waals surface area contributed by atoms with E-state index in [1.807, 2.05) is 38.1 Å². The number of carbonyl (C=O) groups is 1. The Morgan fingerprint density at radius 3 is 2.77 bits per heavy atom. The fourth-order valence-corrected chi connectivity index (χ4v) is 2.90. The zero-order valence-corrected chi connectivity index (χ0v) is 15.2. The number of aromatic nitrogens is 3. The summed E-state index contributed by atoms with van der Waals surface area (Å²) in [5.41, 5.74) is 4.02. The second kappa shape index (κ2) is 7.93. The van der Waals surface area contributed by atoms with Crippen LogP contribution < -0.4 is 10.6 Å². The highest BCUT2D eigenvalue weighted by Gasteiger charge is 2.11. The lowest BCUT2D eigenvalue weighted by atomic mass is 10.1. The molecule has 2 aromatic heterocycles. The Kier molecular flexibility index (Phi) is 5.43. The first-order valence-corrected chi connectivity index (χ1v) is 8.43. The molecule has 3 aromatic rings. The molecule has 0 saturated carbocycles. The van der Waals surface area contributed by atoms with Gasteiger partial charge in [0, 0.05) is 25.0 Å². The normalized spacial score (nSPS) is 10.4. The van der Waals surface area contributed by atoms with Crippen LogP contribution in [0.3, 0.4) is 0 Å². The molecule has 0 aliphatic rings. The van der Waals surface area contributed by atoms with Crippen LogP contribution in [0.2, 0.25) is 5.02 Å². The molecule has 7 heteroatoms. The molecule has 26 heavy (non-hydrogen) atoms. The van der Waals surface area contributed by atoms with Crippen molar-refractivity contribution in [1.29, 1.82) is 0 Å². The van der Waals surface area contributed by atoms with Crippen LogP contribution in [0.25, 0.3) is 0 Å². The Bertz CT molecular complexity index is 907. The molecule has 0 radical (unpaired) electrons. The second-order valence-corrected chi connectivity index (χ2v) is 6.30. The maximum absolute atomic E-state index is 12.3. The summed E-state index contributed by atoms with van der Waals surface area (Å²) in [6, 6.07) is 9.20. The van der Waals surface area contributed by atoms with Crippen LogP contribution in [0.4, 0.5) is 11.5 Å². The average Bonchev–Trinajstić information content (AvgIpc) is 2.64. The van der Waals surface area contributed by atoms with Gasteiger partial charge in [0.15, 0.2) is 0 Å². The molecule has 0 atom stereocenters. The van der Waals surface area contributed by atoms with E-state index >= 15 is 0 Å². The van der Waals surface area contributed by atoms with E-state index < -0.39 is 0 Å². The Morgan fingerprint density at radius 2 is 2.04 bits per heavy atom. The quantitative estimate of drug-likeness (QED) is 0.716. The fraction of sp³-hybridized carbons (Fsp3) is 0.158. The number of halogens is 1. The number of anilines is 2. The zero-order chi connectivity index (χ0) is 18.5. The Hall–Kier alpha value is -2.99. The van der Waals surface area contributed by atoms with Crippen molar-refractivity contribution in [3.8, 4) is 0 Å². The van der Waals surface area contributed by atoms with Gasteiger partial charge in [0.05, 0.1) is 10.7 Å². The van der Waals surface area contributed by atoms with Gasteiger partial charge in [-0.2, -0.15) is 0 Å². The van der Waals surface area contributed by atoms with E-state index in [-0.39, 0.29) is 11.6 Å². The van der Waals surface area contributed by atoms with E-state index in [1.54, 1.807) is 18.5 Å². The molecule has 0 fully saturated rings. The van der Waals surface area contributed by atoms with E-state index in [2.05, 4.69) is 25.6 Å². The van der Waals surface area contributed by atoms with Crippen LogP contribution in [0.1, 0.15) is 27.2 Å². The summed E-state index contributed by atoms with van der Waals surface area (Å²) in [5.74, 6) is 0.214. The van der Waals surface area contributed by atoms with Crippen molar-refractivity contribution in [3.63, 3.8) is 0 Å². The maximum Gasteiger partial charge on any atom is 0.270 e. The highest BCUT2D eigenvalue weighted by atomic mass is 35.5. The molecular formula is C19H18ClN5O. The topological polar surface area (TPSA) is 79.8 Å². The third-order valence-corrected chi connectivity index (χ3v) is 4.06. The Labute approximate surface area is 156 Å². The van der Waals surface area contributed by atoms with Crippen LogP contribution in [-0.2, 0) is 6.54 Å². The van der Waals surface area contributed by atoms with Crippen molar-refractivity contribution in [1.82, 2.24) is 20.3 Å². The van der Waals surface area contributed by atoms with Gasteiger partial charge in [-0.15, -0.1) is 0 Å². The molecule has 1 aromatic carbocycles. The van der Waals surface area contributed by atoms with Gasteiger partial charge in [0.1, 0.15) is 17.8 Å². The second-order valence-electron chi connectivity index (χ2n) is 5.90. The molecule has 3 rings (SSSR count). The predicted molar refractivity (Wildman–Crippen MR) is 102 cm³/mol. The van der Waals surface area contributed by atoms with E-state index in [9.17, 15) is 4.79 Å². The maximum atomic E-state index is 12.3. The van der Waals surface area contributed by atoms with Crippen molar-refractivity contribution in [3.05, 3.63) is 76.5 Å². The molecule has 0 saturated heterocycles. The van der Waals surface area contributed by atoms with Crippen molar-refractivity contribution >= 4 is 29.0 Å². The summed E-state index contributed by atoms with van der Waals surface area (Å²) < 4.78 is 0. The minimum Gasteiger partial charge on any atom is -0.347 e. The van der Waals surface area contributed by atoms with Gasteiger partial charge in [0.25, 0.3) is 5.91 Å². The molecule has 0 spiro atoms. The molecular weight excluding hydrogens is 350 g/mol. The standard InChI is InChI=1S/C19H18ClN5O/c1-12-6-13(2)18(15(20)7-12)25-17-8-16(23-11-24-17)19(26)22-10-14-4-3-5-21-9-14/h3-9,11H,10H2,1-2H3,(H,22,26)(H,23,24,25). The van der Waals surface area contributed by atoms with Gasteiger partial charge in [-0.3, -0.25) is 9.78 Å². The van der Waals surface area contributed by atoms with Crippen molar-refractivity contribution in [2.75, 3.05) is 5.32 Å². The first-order chi connectivity index (χ1) is 12.5. The number of hydrogen-bond donors (Lipinski definition) is 2. The number of amides is 1. The number of nitrogens with zero attached hydrogens (tertiary/aromatic N) is 3. The minimum absolute atomic E-state index is 0.271. The first-order valence-electron chi connectivity index (χ1n) is 8.06. The SMILES string of the molecule is Cc1cc(C)c(Nc2cc(C(=O)NCc3cccnc3)ncn2)c(Cl)c1. The lowest BCUT2D eigenvalue weighted by Gasteiger charge is -2.12. The summed E-state index contributed by atoms with van der Waals surface area (Å²) >= 11 is 6.31. The largest absolute Gasteiger partial charge is 0.347 e. The molecule has 0 aliphatic carbocycles. The number of aryl methyl sites for hydroxylation is 2. The van der Waals surface area contributed by atoms with Gasteiger partial charge in [0.2, 0.25) is 0 Å². The average molecular weight is 368 g/mol. The van der Waals surface area contributed by atoms with Crippen LogP contribution in [-0.4, -0.2) is 20.9 Å². The molecule has 132 valence electrons. The Morgan fingerprint density at radius 1 is 1.19 bits per heavy atom. The van der Waals surface area contributed by atoms with E-state index in [0.29, 0.717) is 17.4 Å². The van der Waals surface area contributed by atoms with E-state index in [1.165, 1.54) is 6.33 Å². The smallest absolute Gasteiger partial charge is 0.270 e. The molecule has 1 amide bonds. The molecule has 2 heterocycles. The summed E-state index contributed by atoms with van der Waals surface area (Å²) in [4.78, 5) is 24.6. The number of pyridine rings is 1. The first kappa shape index (κ1) is 17.8. The highest BCUT2D eigenvalue weighted by molar-refractivity contribution is 6.33. The van der Waals surface area contributed by atoms with Gasteiger partial charge < -0.3 is 10.6 Å². The summed E-state index contributed by atoms with van der Waals surface area (Å²) in [7, 11) is 0. The third kappa shape index (κ3) is 4.34. The van der Waals surface area contributed by atoms with Crippen LogP contribution in [0.5, 0.6) is 0 Å². The van der Waals surface area contributed by atoms with Crippen molar-refractivity contribution < 1.29 is 4.79 Å². The molecule has 0 unspecified atom stereocenters. The van der Waals surface area contributed by atoms with Gasteiger partial charge >= 0.3 is 0 Å². The van der Waals surface area contributed by atoms with Gasteiger partial charge in [-0.25, -0.2) is 9.97 Å². The Balaban J connectivity index is 1.73. The summed E-state index contributed by atoms with van der Waals surface area (Å²) in [6.07, 6.45) is 4.74. The molecule has 0 aliphatic heterocycles. The summed E-state index contributed by atoms with van der Waals surface area (Å²) in [5, 5.41) is 6.58. The highest BCUT2D eigenvalue weighted by Crippen LogP contribution is 2.29. The van der Waals surface area contributed by atoms with Crippen molar-refractivity contribution in [2.45, 2.75) is 20.4 Å². The number of benzene rings is 1. The lowest BCUT2D eigenvalue weighted by molar-refractivity contribution is 0.0945. The minimum atomic E-state index is -0.286. The van der Waals surface area contributed by atoms with E-state index in [0.717, 1.165) is 22.4 Å². The number of carbonyl (C=O) groups excluding carboxylic acids is 1. The molecule has 0 bridgehead atoms. The lowest BCUT2D eigenvalue weighted by Crippen LogP contribution is -2.24. The van der Waals surface area contributed by atoms with Crippen molar-refractivity contribution in [2.24, 2.45) is 0 Å². The van der Waals surface area contributed by atoms with Crippen LogP contribution in [0.15, 0.2) is 49.1 Å². The number of nitrogens with one attached hydrogen (secondary N) is 2. The zero-order valence-electron chi connectivity index (χ0n) is 14.5. The van der Waals surface area contributed by atoms with Gasteiger partial charge in [-0.05, 0) is 42.7 Å². The third-order valence-electron chi connectivity index (χ3n) is 3.76. The number of hydrogen-bond acceptors (Lipinski definition) is 5. The number of rotatable bonds is 5.